The van der Waals surface area contributed by atoms with Crippen LogP contribution in [0.25, 0.3) is 0 Å². The van der Waals surface area contributed by atoms with Crippen molar-refractivity contribution in [2.45, 2.75) is 50.2 Å². The van der Waals surface area contributed by atoms with Gasteiger partial charge < -0.3 is 15.3 Å². The van der Waals surface area contributed by atoms with Crippen molar-refractivity contribution in [3.63, 3.8) is 0 Å². The molecule has 4 rings (SSSR count). The minimum Gasteiger partial charge on any atom is -0.391 e. The average Bonchev–Trinajstić information content (AvgIpc) is 3.23. The van der Waals surface area contributed by atoms with Gasteiger partial charge in [0.25, 0.3) is 0 Å². The molecule has 0 aliphatic carbocycles. The van der Waals surface area contributed by atoms with Crippen LogP contribution in [-0.4, -0.2) is 64.3 Å². The number of hydrogen-bond donors (Lipinski definition) is 2. The van der Waals surface area contributed by atoms with Crippen LogP contribution in [-0.2, 0) is 0 Å². The zero-order valence-electron chi connectivity index (χ0n) is 13.7. The molecule has 126 valence electrons. The van der Waals surface area contributed by atoms with E-state index in [-0.39, 0.29) is 6.10 Å². The Labute approximate surface area is 137 Å². The van der Waals surface area contributed by atoms with Gasteiger partial charge in [0, 0.05) is 31.4 Å². The summed E-state index contributed by atoms with van der Waals surface area (Å²) < 4.78 is 0. The lowest BCUT2D eigenvalue weighted by atomic mass is 9.90. The summed E-state index contributed by atoms with van der Waals surface area (Å²) >= 11 is 0. The molecule has 1 aromatic heterocycles. The molecular weight excluding hydrogens is 290 g/mol. The van der Waals surface area contributed by atoms with Crippen molar-refractivity contribution in [2.24, 2.45) is 0 Å². The maximum Gasteiger partial charge on any atom is 0.224 e. The third kappa shape index (κ3) is 3.02. The highest BCUT2D eigenvalue weighted by molar-refractivity contribution is 5.43. The fraction of sp³-hybridized carbons (Fsp3) is 0.765. The molecule has 0 bridgehead atoms. The highest BCUT2D eigenvalue weighted by atomic mass is 16.3. The third-order valence-corrected chi connectivity index (χ3v) is 5.81. The number of nitrogens with one attached hydrogen (secondary N) is 1. The van der Waals surface area contributed by atoms with E-state index in [1.54, 1.807) is 0 Å². The molecular formula is C17H27N5O. The molecule has 1 atom stereocenters. The lowest BCUT2D eigenvalue weighted by Crippen LogP contribution is -2.39. The summed E-state index contributed by atoms with van der Waals surface area (Å²) in [7, 11) is 0. The normalized spacial score (nSPS) is 26.7. The van der Waals surface area contributed by atoms with E-state index in [1.807, 2.05) is 12.3 Å². The van der Waals surface area contributed by atoms with Gasteiger partial charge in [0.05, 0.1) is 6.10 Å². The van der Waals surface area contributed by atoms with Crippen molar-refractivity contribution in [2.75, 3.05) is 42.9 Å². The van der Waals surface area contributed by atoms with E-state index in [2.05, 4.69) is 25.1 Å². The minimum absolute atomic E-state index is 0.226. The van der Waals surface area contributed by atoms with Gasteiger partial charge in [0.2, 0.25) is 5.95 Å². The van der Waals surface area contributed by atoms with Crippen molar-refractivity contribution < 1.29 is 5.11 Å². The van der Waals surface area contributed by atoms with Gasteiger partial charge in [-0.1, -0.05) is 0 Å². The Morgan fingerprint density at radius 2 is 2.09 bits per heavy atom. The number of fused-ring (bicyclic) bond motifs is 1. The third-order valence-electron chi connectivity index (χ3n) is 5.81. The van der Waals surface area contributed by atoms with Crippen LogP contribution in [0.3, 0.4) is 0 Å². The van der Waals surface area contributed by atoms with E-state index in [0.717, 1.165) is 25.3 Å². The molecule has 1 aromatic rings. The fourth-order valence-corrected chi connectivity index (χ4v) is 4.60. The zero-order chi connectivity index (χ0) is 15.7. The second-order valence-corrected chi connectivity index (χ2v) is 7.22. The van der Waals surface area contributed by atoms with Gasteiger partial charge >= 0.3 is 0 Å². The molecule has 2 N–H and O–H groups in total. The Kier molecular flexibility index (Phi) is 4.11. The summed E-state index contributed by atoms with van der Waals surface area (Å²) in [5.41, 5.74) is 0.448. The number of aliphatic hydroxyl groups excluding tert-OH is 1. The number of hydrogen-bond acceptors (Lipinski definition) is 6. The van der Waals surface area contributed by atoms with Crippen LogP contribution >= 0.6 is 0 Å². The number of aliphatic hydroxyl groups is 1. The molecule has 0 saturated carbocycles. The highest BCUT2D eigenvalue weighted by Crippen LogP contribution is 2.41. The smallest absolute Gasteiger partial charge is 0.224 e. The molecule has 6 nitrogen and oxygen atoms in total. The van der Waals surface area contributed by atoms with Crippen LogP contribution in [0.15, 0.2) is 12.3 Å². The van der Waals surface area contributed by atoms with E-state index in [0.29, 0.717) is 18.0 Å². The van der Waals surface area contributed by atoms with E-state index >= 15 is 0 Å². The van der Waals surface area contributed by atoms with E-state index < -0.39 is 0 Å². The Bertz CT molecular complexity index is 542. The van der Waals surface area contributed by atoms with Gasteiger partial charge in [-0.05, 0) is 57.7 Å². The van der Waals surface area contributed by atoms with Crippen LogP contribution in [0.2, 0.25) is 0 Å². The van der Waals surface area contributed by atoms with Crippen molar-refractivity contribution in [1.29, 1.82) is 0 Å². The van der Waals surface area contributed by atoms with Gasteiger partial charge in [-0.15, -0.1) is 0 Å². The summed E-state index contributed by atoms with van der Waals surface area (Å²) in [6.45, 7) is 5.04. The lowest BCUT2D eigenvalue weighted by molar-refractivity contribution is 0.187. The van der Waals surface area contributed by atoms with Crippen LogP contribution in [0.5, 0.6) is 0 Å². The van der Waals surface area contributed by atoms with E-state index in [9.17, 15) is 5.11 Å². The molecule has 3 aliphatic heterocycles. The first kappa shape index (κ1) is 15.1. The number of β-amino-alcohol motifs (C(OH)–C–C–N with tert-alkyl or cyclic N) is 1. The Hall–Kier alpha value is -1.40. The molecule has 3 aliphatic rings. The maximum atomic E-state index is 9.67. The summed E-state index contributed by atoms with van der Waals surface area (Å²) in [4.78, 5) is 13.8. The molecule has 23 heavy (non-hydrogen) atoms. The zero-order valence-corrected chi connectivity index (χ0v) is 13.7. The predicted octanol–water partition coefficient (Wildman–Crippen LogP) is 1.48. The van der Waals surface area contributed by atoms with E-state index in [1.165, 1.54) is 45.2 Å². The first-order valence-corrected chi connectivity index (χ1v) is 9.00. The van der Waals surface area contributed by atoms with Crippen molar-refractivity contribution in [3.05, 3.63) is 12.3 Å². The maximum absolute atomic E-state index is 9.67. The summed E-state index contributed by atoms with van der Waals surface area (Å²) in [6, 6.07) is 1.93. The summed E-state index contributed by atoms with van der Waals surface area (Å²) in [6.07, 6.45) is 8.99. The van der Waals surface area contributed by atoms with Crippen LogP contribution in [0.4, 0.5) is 11.8 Å². The number of rotatable bonds is 5. The molecule has 3 saturated heterocycles. The second kappa shape index (κ2) is 6.24. The molecule has 4 heterocycles. The predicted molar refractivity (Wildman–Crippen MR) is 90.7 cm³/mol. The lowest BCUT2D eigenvalue weighted by Gasteiger charge is -2.32. The molecule has 1 unspecified atom stereocenters. The van der Waals surface area contributed by atoms with Gasteiger partial charge in [-0.3, -0.25) is 4.90 Å². The molecule has 6 heteroatoms. The SMILES string of the molecule is OC1CCN(c2ccnc(NCCC34CCCN3CCC4)n2)C1. The number of anilines is 2. The summed E-state index contributed by atoms with van der Waals surface area (Å²) in [5, 5.41) is 13.1. The standard InChI is InChI=1S/C17H27N5O/c23-14-4-12-21(13-14)15-3-8-18-16(20-15)19-9-7-17-5-1-10-22(17)11-2-6-17/h3,8,14,23H,1-2,4-7,9-13H2,(H,18,19,20). The van der Waals surface area contributed by atoms with Crippen LogP contribution in [0.1, 0.15) is 38.5 Å². The minimum atomic E-state index is -0.226. The van der Waals surface area contributed by atoms with Crippen LogP contribution < -0.4 is 10.2 Å². The van der Waals surface area contributed by atoms with Crippen molar-refractivity contribution >= 4 is 11.8 Å². The highest BCUT2D eigenvalue weighted by Gasteiger charge is 2.43. The Balaban J connectivity index is 1.34. The van der Waals surface area contributed by atoms with Gasteiger partial charge in [0.1, 0.15) is 5.82 Å². The van der Waals surface area contributed by atoms with Gasteiger partial charge in [-0.2, -0.15) is 4.98 Å². The average molecular weight is 317 g/mol. The molecule has 0 radical (unpaired) electrons. The Morgan fingerprint density at radius 3 is 2.83 bits per heavy atom. The first-order valence-electron chi connectivity index (χ1n) is 9.00. The molecule has 3 fully saturated rings. The van der Waals surface area contributed by atoms with Gasteiger partial charge in [0.15, 0.2) is 0 Å². The second-order valence-electron chi connectivity index (χ2n) is 7.22. The molecule has 0 aromatic carbocycles. The van der Waals surface area contributed by atoms with E-state index in [4.69, 9.17) is 0 Å². The van der Waals surface area contributed by atoms with Crippen molar-refractivity contribution in [3.8, 4) is 0 Å². The monoisotopic (exact) mass is 317 g/mol. The van der Waals surface area contributed by atoms with Crippen molar-refractivity contribution in [1.82, 2.24) is 14.9 Å². The molecule has 0 amide bonds. The number of aromatic nitrogens is 2. The van der Waals surface area contributed by atoms with Crippen LogP contribution in [0, 0.1) is 0 Å². The quantitative estimate of drug-likeness (QED) is 0.857. The Morgan fingerprint density at radius 1 is 1.26 bits per heavy atom. The topological polar surface area (TPSA) is 64.5 Å². The largest absolute Gasteiger partial charge is 0.391 e. The molecule has 0 spiro atoms. The first-order chi connectivity index (χ1) is 11.3. The summed E-state index contributed by atoms with van der Waals surface area (Å²) in [5.74, 6) is 1.63. The van der Waals surface area contributed by atoms with Gasteiger partial charge in [-0.25, -0.2) is 4.98 Å². The fourth-order valence-electron chi connectivity index (χ4n) is 4.60. The number of nitrogens with zero attached hydrogens (tertiary/aromatic N) is 4.